The lowest BCUT2D eigenvalue weighted by Crippen LogP contribution is -2.39. The van der Waals surface area contributed by atoms with Gasteiger partial charge in [0.15, 0.2) is 23.9 Å². The zero-order valence-electron chi connectivity index (χ0n) is 18.5. The molecule has 0 N–H and O–H groups in total. The molecule has 3 aromatic rings. The summed E-state index contributed by atoms with van der Waals surface area (Å²) in [7, 11) is 3.12. The van der Waals surface area contributed by atoms with Crippen LogP contribution >= 0.6 is 0 Å². The zero-order valence-corrected chi connectivity index (χ0v) is 18.5. The molecule has 1 unspecified atom stereocenters. The average Bonchev–Trinajstić information content (AvgIpc) is 3.31. The second-order valence-corrected chi connectivity index (χ2v) is 7.73. The Balaban J connectivity index is 1.49. The van der Waals surface area contributed by atoms with E-state index in [0.717, 1.165) is 30.6 Å². The number of methoxy groups -OCH3 is 2. The molecule has 0 radical (unpaired) electrons. The summed E-state index contributed by atoms with van der Waals surface area (Å²) in [5.74, 6) is 2.61. The Hall–Kier alpha value is -3.55. The highest BCUT2D eigenvalue weighted by molar-refractivity contribution is 5.95. The number of likely N-dealkylation sites (tertiary alicyclic amines) is 1. The number of rotatable bonds is 7. The van der Waals surface area contributed by atoms with Crippen molar-refractivity contribution in [1.29, 1.82) is 0 Å². The number of carbonyl (C=O) groups excluding carboxylic acids is 1. The summed E-state index contributed by atoms with van der Waals surface area (Å²) < 4.78 is 21.8. The third kappa shape index (κ3) is 4.69. The van der Waals surface area contributed by atoms with Crippen LogP contribution in [0.25, 0.3) is 0 Å². The summed E-state index contributed by atoms with van der Waals surface area (Å²) in [6.45, 7) is 2.82. The van der Waals surface area contributed by atoms with Gasteiger partial charge in [0.1, 0.15) is 5.75 Å². The molecule has 4 rings (SSSR count). The number of piperidine rings is 1. The first-order chi connectivity index (χ1) is 15.6. The molecule has 1 aromatic heterocycles. The van der Waals surface area contributed by atoms with E-state index in [1.807, 2.05) is 31.2 Å². The predicted molar refractivity (Wildman–Crippen MR) is 117 cm³/mol. The number of hydrogen-bond acceptors (Lipinski definition) is 7. The van der Waals surface area contributed by atoms with Gasteiger partial charge in [-0.25, -0.2) is 0 Å². The quantitative estimate of drug-likeness (QED) is 0.543. The van der Waals surface area contributed by atoms with Crippen molar-refractivity contribution < 1.29 is 23.5 Å². The minimum Gasteiger partial charge on any atom is -0.493 e. The van der Waals surface area contributed by atoms with Gasteiger partial charge in [-0.15, -0.1) is 0 Å². The highest BCUT2D eigenvalue weighted by atomic mass is 16.5. The van der Waals surface area contributed by atoms with Crippen molar-refractivity contribution in [2.24, 2.45) is 0 Å². The number of hydrogen-bond donors (Lipinski definition) is 0. The van der Waals surface area contributed by atoms with Crippen LogP contribution in [0.15, 0.2) is 47.0 Å². The van der Waals surface area contributed by atoms with E-state index in [0.29, 0.717) is 35.3 Å². The largest absolute Gasteiger partial charge is 0.493 e. The maximum atomic E-state index is 13.3. The van der Waals surface area contributed by atoms with Gasteiger partial charge in [-0.05, 0) is 56.5 Å². The maximum absolute atomic E-state index is 13.3. The van der Waals surface area contributed by atoms with Crippen LogP contribution in [0.3, 0.4) is 0 Å². The lowest BCUT2D eigenvalue weighted by atomic mass is 10.00. The van der Waals surface area contributed by atoms with Gasteiger partial charge < -0.3 is 23.6 Å². The molecule has 0 bridgehead atoms. The van der Waals surface area contributed by atoms with Crippen LogP contribution in [-0.4, -0.2) is 41.7 Å². The Morgan fingerprint density at radius 1 is 1.09 bits per heavy atom. The Bertz CT molecular complexity index is 1060. The van der Waals surface area contributed by atoms with Gasteiger partial charge in [0.05, 0.1) is 20.3 Å². The highest BCUT2D eigenvalue weighted by Crippen LogP contribution is 2.33. The number of ether oxygens (including phenoxy) is 3. The summed E-state index contributed by atoms with van der Waals surface area (Å²) in [5.41, 5.74) is 1.69. The molecule has 168 valence electrons. The van der Waals surface area contributed by atoms with Crippen LogP contribution in [0.5, 0.6) is 17.2 Å². The molecule has 0 saturated carbocycles. The van der Waals surface area contributed by atoms with Crippen LogP contribution in [0.1, 0.15) is 52.9 Å². The minimum absolute atomic E-state index is 0.0992. The summed E-state index contributed by atoms with van der Waals surface area (Å²) >= 11 is 0. The zero-order chi connectivity index (χ0) is 22.5. The topological polar surface area (TPSA) is 86.9 Å². The summed E-state index contributed by atoms with van der Waals surface area (Å²) in [5, 5.41) is 4.15. The molecular formula is C24H27N3O5. The summed E-state index contributed by atoms with van der Waals surface area (Å²) in [6, 6.07) is 12.7. The van der Waals surface area contributed by atoms with Crippen molar-refractivity contribution >= 4 is 5.91 Å². The van der Waals surface area contributed by atoms with E-state index < -0.39 is 0 Å². The van der Waals surface area contributed by atoms with Crippen LogP contribution in [0.4, 0.5) is 0 Å². The second kappa shape index (κ2) is 9.72. The summed E-state index contributed by atoms with van der Waals surface area (Å²) in [6.07, 6.45) is 2.69. The van der Waals surface area contributed by atoms with E-state index in [1.165, 1.54) is 0 Å². The normalized spacial score (nSPS) is 16.0. The molecule has 1 fully saturated rings. The number of carbonyl (C=O) groups is 1. The number of aryl methyl sites for hydroxylation is 1. The van der Waals surface area contributed by atoms with E-state index in [4.69, 9.17) is 18.7 Å². The average molecular weight is 437 g/mol. The van der Waals surface area contributed by atoms with Crippen molar-refractivity contribution in [3.63, 3.8) is 0 Å². The Kier molecular flexibility index (Phi) is 6.58. The molecule has 0 spiro atoms. The van der Waals surface area contributed by atoms with Crippen molar-refractivity contribution in [2.75, 3.05) is 20.8 Å². The fourth-order valence-corrected chi connectivity index (χ4v) is 3.82. The first-order valence-electron chi connectivity index (χ1n) is 10.6. The fraction of sp³-hybridized carbons (Fsp3) is 0.375. The molecular weight excluding hydrogens is 410 g/mol. The number of nitrogens with zero attached hydrogens (tertiary/aromatic N) is 3. The SMILES string of the molecule is COc1ccc(C(=O)N2CCCCC2c2noc(COc3ccc(C)cc3)n2)cc1OC. The molecule has 1 aliphatic rings. The van der Waals surface area contributed by atoms with Gasteiger partial charge in [0.25, 0.3) is 11.8 Å². The third-order valence-electron chi connectivity index (χ3n) is 5.56. The van der Waals surface area contributed by atoms with Crippen LogP contribution in [0.2, 0.25) is 0 Å². The fourth-order valence-electron chi connectivity index (χ4n) is 3.82. The Labute approximate surface area is 187 Å². The molecule has 1 aliphatic heterocycles. The van der Waals surface area contributed by atoms with E-state index in [2.05, 4.69) is 10.1 Å². The van der Waals surface area contributed by atoms with E-state index in [9.17, 15) is 4.79 Å². The van der Waals surface area contributed by atoms with Gasteiger partial charge in [0, 0.05) is 12.1 Å². The molecule has 1 atom stereocenters. The molecule has 32 heavy (non-hydrogen) atoms. The second-order valence-electron chi connectivity index (χ2n) is 7.73. The lowest BCUT2D eigenvalue weighted by molar-refractivity contribution is 0.0596. The van der Waals surface area contributed by atoms with Crippen LogP contribution in [-0.2, 0) is 6.61 Å². The molecule has 2 heterocycles. The molecule has 2 aromatic carbocycles. The van der Waals surface area contributed by atoms with Gasteiger partial charge in [-0.3, -0.25) is 4.79 Å². The van der Waals surface area contributed by atoms with E-state index in [-0.39, 0.29) is 18.6 Å². The van der Waals surface area contributed by atoms with Crippen LogP contribution in [0, 0.1) is 6.92 Å². The molecule has 1 saturated heterocycles. The van der Waals surface area contributed by atoms with Crippen molar-refractivity contribution in [3.05, 3.63) is 65.3 Å². The van der Waals surface area contributed by atoms with Crippen LogP contribution < -0.4 is 14.2 Å². The molecule has 8 nitrogen and oxygen atoms in total. The first-order valence-corrected chi connectivity index (χ1v) is 10.6. The standard InChI is InChI=1S/C24H27N3O5/c1-16-7-10-18(11-8-16)31-15-22-25-23(26-32-22)19-6-4-5-13-27(19)24(28)17-9-12-20(29-2)21(14-17)30-3/h7-12,14,19H,4-6,13,15H2,1-3H3. The maximum Gasteiger partial charge on any atom is 0.264 e. The highest BCUT2D eigenvalue weighted by Gasteiger charge is 2.32. The lowest BCUT2D eigenvalue weighted by Gasteiger charge is -2.34. The van der Waals surface area contributed by atoms with Gasteiger partial charge in [0.2, 0.25) is 0 Å². The van der Waals surface area contributed by atoms with Crippen molar-refractivity contribution in [1.82, 2.24) is 15.0 Å². The van der Waals surface area contributed by atoms with Gasteiger partial charge in [-0.1, -0.05) is 22.9 Å². The molecule has 8 heteroatoms. The van der Waals surface area contributed by atoms with Gasteiger partial charge >= 0.3 is 0 Å². The number of amides is 1. The molecule has 0 aliphatic carbocycles. The van der Waals surface area contributed by atoms with E-state index in [1.54, 1.807) is 37.3 Å². The smallest absolute Gasteiger partial charge is 0.264 e. The predicted octanol–water partition coefficient (Wildman–Crippen LogP) is 4.34. The Morgan fingerprint density at radius 3 is 2.62 bits per heavy atom. The minimum atomic E-state index is -0.249. The number of aromatic nitrogens is 2. The third-order valence-corrected chi connectivity index (χ3v) is 5.56. The monoisotopic (exact) mass is 437 g/mol. The van der Waals surface area contributed by atoms with Crippen molar-refractivity contribution in [2.45, 2.75) is 38.8 Å². The number of benzene rings is 2. The first kappa shape index (κ1) is 21.7. The Morgan fingerprint density at radius 2 is 1.88 bits per heavy atom. The summed E-state index contributed by atoms with van der Waals surface area (Å²) in [4.78, 5) is 19.6. The van der Waals surface area contributed by atoms with E-state index >= 15 is 0 Å². The van der Waals surface area contributed by atoms with Crippen molar-refractivity contribution in [3.8, 4) is 17.2 Å². The molecule has 1 amide bonds. The van der Waals surface area contributed by atoms with Gasteiger partial charge in [-0.2, -0.15) is 4.98 Å².